The van der Waals surface area contributed by atoms with Crippen molar-refractivity contribution in [2.75, 3.05) is 26.7 Å². The fourth-order valence-corrected chi connectivity index (χ4v) is 4.94. The number of rotatable bonds is 3. The molecule has 5 heteroatoms. The molecule has 25 heavy (non-hydrogen) atoms. The van der Waals surface area contributed by atoms with Crippen molar-refractivity contribution >= 4 is 11.8 Å². The minimum absolute atomic E-state index is 0.176. The Kier molecular flexibility index (Phi) is 4.40. The van der Waals surface area contributed by atoms with Crippen molar-refractivity contribution in [1.29, 1.82) is 0 Å². The third-order valence-electron chi connectivity index (χ3n) is 6.07. The van der Waals surface area contributed by atoms with Crippen molar-refractivity contribution in [3.05, 3.63) is 29.8 Å². The van der Waals surface area contributed by atoms with Gasteiger partial charge in [0.05, 0.1) is 13.5 Å². The topological polar surface area (TPSA) is 49.9 Å². The Morgan fingerprint density at radius 3 is 2.92 bits per heavy atom. The number of methoxy groups -OCH3 is 1. The van der Waals surface area contributed by atoms with E-state index in [0.717, 1.165) is 50.2 Å². The maximum atomic E-state index is 12.9. The maximum absolute atomic E-state index is 12.9. The van der Waals surface area contributed by atoms with Crippen LogP contribution in [0.5, 0.6) is 5.75 Å². The molecule has 0 saturated carbocycles. The summed E-state index contributed by atoms with van der Waals surface area (Å²) in [7, 11) is 1.64. The summed E-state index contributed by atoms with van der Waals surface area (Å²) in [6, 6.07) is 8.08. The maximum Gasteiger partial charge on any atom is 0.227 e. The van der Waals surface area contributed by atoms with Crippen LogP contribution in [0.15, 0.2) is 24.3 Å². The number of ether oxygens (including phenoxy) is 1. The number of likely N-dealkylation sites (tertiary alicyclic amines) is 1. The largest absolute Gasteiger partial charge is 0.496 e. The van der Waals surface area contributed by atoms with E-state index >= 15 is 0 Å². The molecule has 0 aromatic heterocycles. The summed E-state index contributed by atoms with van der Waals surface area (Å²) in [5, 5.41) is 0. The van der Waals surface area contributed by atoms with E-state index in [0.29, 0.717) is 36.6 Å². The van der Waals surface area contributed by atoms with Gasteiger partial charge in [-0.15, -0.1) is 0 Å². The smallest absolute Gasteiger partial charge is 0.227 e. The fourth-order valence-electron chi connectivity index (χ4n) is 4.94. The molecule has 0 aliphatic carbocycles. The van der Waals surface area contributed by atoms with Crippen LogP contribution < -0.4 is 4.74 Å². The molecule has 3 fully saturated rings. The van der Waals surface area contributed by atoms with Crippen LogP contribution in [0.3, 0.4) is 0 Å². The number of fused-ring (bicyclic) bond motifs is 4. The Morgan fingerprint density at radius 2 is 2.08 bits per heavy atom. The second-order valence-electron chi connectivity index (χ2n) is 7.65. The quantitative estimate of drug-likeness (QED) is 0.845. The fraction of sp³-hybridized carbons (Fsp3) is 0.600. The number of para-hydroxylation sites is 1. The number of benzene rings is 1. The SMILES string of the molecule is COc1ccccc1CC(=O)N1C[C@@H]2C[C@H](C1)C1CCCC(=O)N1C2. The lowest BCUT2D eigenvalue weighted by Gasteiger charge is -2.52. The molecular weight excluding hydrogens is 316 g/mol. The van der Waals surface area contributed by atoms with Crippen LogP contribution in [0, 0.1) is 11.8 Å². The third-order valence-corrected chi connectivity index (χ3v) is 6.07. The predicted octanol–water partition coefficient (Wildman–Crippen LogP) is 2.10. The highest BCUT2D eigenvalue weighted by Gasteiger charge is 2.44. The van der Waals surface area contributed by atoms with Crippen LogP contribution in [0.2, 0.25) is 0 Å². The highest BCUT2D eigenvalue weighted by atomic mass is 16.5. The zero-order valence-corrected chi connectivity index (χ0v) is 14.8. The van der Waals surface area contributed by atoms with Crippen molar-refractivity contribution in [3.8, 4) is 5.75 Å². The number of hydrogen-bond donors (Lipinski definition) is 0. The van der Waals surface area contributed by atoms with Gasteiger partial charge in [0, 0.05) is 37.7 Å². The molecule has 3 heterocycles. The molecule has 3 aliphatic heterocycles. The standard InChI is InChI=1S/C20H26N2O3/c1-25-18-7-3-2-5-15(18)10-20(24)21-11-14-9-16(13-21)17-6-4-8-19(23)22(17)12-14/h2-3,5,7,14,16-17H,4,6,8-13H2,1H3/t14-,16+,17?/m0/s1. The molecule has 3 aliphatic rings. The van der Waals surface area contributed by atoms with Crippen LogP contribution in [-0.2, 0) is 16.0 Å². The minimum Gasteiger partial charge on any atom is -0.496 e. The average Bonchev–Trinajstić information content (AvgIpc) is 2.63. The van der Waals surface area contributed by atoms with Crippen molar-refractivity contribution in [2.45, 2.75) is 38.1 Å². The summed E-state index contributed by atoms with van der Waals surface area (Å²) in [4.78, 5) is 29.2. The number of carbonyl (C=O) groups excluding carboxylic acids is 2. The van der Waals surface area contributed by atoms with E-state index in [-0.39, 0.29) is 5.91 Å². The summed E-state index contributed by atoms with van der Waals surface area (Å²) in [5.41, 5.74) is 0.945. The molecule has 0 spiro atoms. The van der Waals surface area contributed by atoms with Gasteiger partial charge in [-0.05, 0) is 37.2 Å². The Bertz CT molecular complexity index is 675. The number of nitrogens with zero attached hydrogens (tertiary/aromatic N) is 2. The average molecular weight is 342 g/mol. The van der Waals surface area contributed by atoms with Crippen LogP contribution in [0.4, 0.5) is 0 Å². The van der Waals surface area contributed by atoms with E-state index in [4.69, 9.17) is 4.74 Å². The Hall–Kier alpha value is -2.04. The van der Waals surface area contributed by atoms with Gasteiger partial charge >= 0.3 is 0 Å². The van der Waals surface area contributed by atoms with Crippen LogP contribution in [-0.4, -0.2) is 54.4 Å². The van der Waals surface area contributed by atoms with E-state index in [1.165, 1.54) is 0 Å². The second kappa shape index (κ2) is 6.70. The van der Waals surface area contributed by atoms with E-state index in [1.54, 1.807) is 7.11 Å². The summed E-state index contributed by atoms with van der Waals surface area (Å²) >= 11 is 0. The van der Waals surface area contributed by atoms with Crippen LogP contribution in [0.25, 0.3) is 0 Å². The minimum atomic E-state index is 0.176. The first-order valence-corrected chi connectivity index (χ1v) is 9.35. The van der Waals surface area contributed by atoms with Gasteiger partial charge in [-0.2, -0.15) is 0 Å². The Morgan fingerprint density at radius 1 is 1.24 bits per heavy atom. The molecule has 1 aromatic rings. The van der Waals surface area contributed by atoms with E-state index in [1.807, 2.05) is 29.2 Å². The summed E-state index contributed by atoms with van der Waals surface area (Å²) < 4.78 is 5.38. The molecule has 4 rings (SSSR count). The van der Waals surface area contributed by atoms with Gasteiger partial charge in [-0.3, -0.25) is 9.59 Å². The summed E-state index contributed by atoms with van der Waals surface area (Å²) in [6.07, 6.45) is 4.34. The Balaban J connectivity index is 1.46. The normalized spacial score (nSPS) is 28.5. The monoisotopic (exact) mass is 342 g/mol. The predicted molar refractivity (Wildman–Crippen MR) is 94.2 cm³/mol. The molecule has 1 aromatic carbocycles. The lowest BCUT2D eigenvalue weighted by atomic mass is 9.76. The Labute approximate surface area is 148 Å². The van der Waals surface area contributed by atoms with Gasteiger partial charge in [0.25, 0.3) is 0 Å². The molecular formula is C20H26N2O3. The van der Waals surface area contributed by atoms with Crippen LogP contribution >= 0.6 is 0 Å². The van der Waals surface area contributed by atoms with Gasteiger partial charge in [-0.1, -0.05) is 18.2 Å². The van der Waals surface area contributed by atoms with Gasteiger partial charge in [-0.25, -0.2) is 0 Å². The molecule has 2 bridgehead atoms. The molecule has 1 unspecified atom stereocenters. The first-order valence-electron chi connectivity index (χ1n) is 9.35. The number of hydrogen-bond acceptors (Lipinski definition) is 3. The first-order chi connectivity index (χ1) is 12.2. The molecule has 3 saturated heterocycles. The van der Waals surface area contributed by atoms with Crippen molar-refractivity contribution in [2.24, 2.45) is 11.8 Å². The van der Waals surface area contributed by atoms with E-state index < -0.39 is 0 Å². The summed E-state index contributed by atoms with van der Waals surface area (Å²) in [5.74, 6) is 2.14. The molecule has 5 nitrogen and oxygen atoms in total. The van der Waals surface area contributed by atoms with Gasteiger partial charge in [0.1, 0.15) is 5.75 Å². The highest BCUT2D eigenvalue weighted by molar-refractivity contribution is 5.80. The van der Waals surface area contributed by atoms with Crippen LogP contribution in [0.1, 0.15) is 31.2 Å². The molecule has 0 N–H and O–H groups in total. The van der Waals surface area contributed by atoms with Gasteiger partial charge < -0.3 is 14.5 Å². The number of piperidine rings is 3. The van der Waals surface area contributed by atoms with Gasteiger partial charge in [0.2, 0.25) is 11.8 Å². The molecule has 3 atom stereocenters. The van der Waals surface area contributed by atoms with Gasteiger partial charge in [0.15, 0.2) is 0 Å². The first kappa shape index (κ1) is 16.4. The highest BCUT2D eigenvalue weighted by Crippen LogP contribution is 2.38. The molecule has 0 radical (unpaired) electrons. The molecule has 134 valence electrons. The van der Waals surface area contributed by atoms with E-state index in [2.05, 4.69) is 4.90 Å². The number of amides is 2. The van der Waals surface area contributed by atoms with Crippen molar-refractivity contribution in [3.63, 3.8) is 0 Å². The second-order valence-corrected chi connectivity index (χ2v) is 7.65. The zero-order chi connectivity index (χ0) is 17.4. The van der Waals surface area contributed by atoms with Crippen molar-refractivity contribution < 1.29 is 14.3 Å². The third kappa shape index (κ3) is 3.12. The zero-order valence-electron chi connectivity index (χ0n) is 14.8. The number of carbonyl (C=O) groups is 2. The summed E-state index contributed by atoms with van der Waals surface area (Å²) in [6.45, 7) is 2.40. The van der Waals surface area contributed by atoms with Crippen molar-refractivity contribution in [1.82, 2.24) is 9.80 Å². The van der Waals surface area contributed by atoms with E-state index in [9.17, 15) is 9.59 Å². The lowest BCUT2D eigenvalue weighted by Crippen LogP contribution is -2.61. The molecule has 2 amide bonds. The lowest BCUT2D eigenvalue weighted by molar-refractivity contribution is -0.148.